The number of halogens is 1. The van der Waals surface area contributed by atoms with Crippen LogP contribution in [-0.4, -0.2) is 21.4 Å². The number of aromatic nitrogens is 1. The van der Waals surface area contributed by atoms with Gasteiger partial charge in [0.1, 0.15) is 11.5 Å². The Balaban J connectivity index is 1.70. The number of fused-ring (bicyclic) bond motifs is 2. The minimum absolute atomic E-state index is 0.0524. The van der Waals surface area contributed by atoms with Gasteiger partial charge in [0.15, 0.2) is 5.78 Å². The molecule has 3 aromatic carbocycles. The van der Waals surface area contributed by atoms with Crippen LogP contribution in [0, 0.1) is 0 Å². The molecule has 6 nitrogen and oxygen atoms in total. The lowest BCUT2D eigenvalue weighted by Gasteiger charge is -2.26. The Kier molecular flexibility index (Phi) is 5.02. The van der Waals surface area contributed by atoms with Crippen LogP contribution in [0.5, 0.6) is 11.5 Å². The van der Waals surface area contributed by atoms with Gasteiger partial charge in [0.05, 0.1) is 17.5 Å². The molecule has 0 fully saturated rings. The lowest BCUT2D eigenvalue weighted by Crippen LogP contribution is -2.29. The highest BCUT2D eigenvalue weighted by Gasteiger charge is 2.35. The fraction of sp³-hybridized carbons (Fsp3) is 0.115. The molecule has 0 spiro atoms. The van der Waals surface area contributed by atoms with Crippen molar-refractivity contribution in [1.82, 2.24) is 4.57 Å². The van der Waals surface area contributed by atoms with Crippen molar-refractivity contribution in [2.45, 2.75) is 12.3 Å². The molecule has 1 aliphatic rings. The summed E-state index contributed by atoms with van der Waals surface area (Å²) in [5, 5.41) is 12.5. The standard InChI is InChI=1S/C26H18ClNO5/c1-28-20-5-3-2-4-15(20)12-19(26(28)32)18-13-22(29)33-21-11-10-17(25(31)23(18)21)24(30)14-6-8-16(27)9-7-14/h2-12,18,31H,13H2,1H3/t18-/m1/s1. The monoisotopic (exact) mass is 459 g/mol. The first kappa shape index (κ1) is 21.0. The third kappa shape index (κ3) is 3.49. The first-order valence-corrected chi connectivity index (χ1v) is 10.7. The maximum absolute atomic E-state index is 13.2. The van der Waals surface area contributed by atoms with Gasteiger partial charge in [0, 0.05) is 34.7 Å². The number of aryl methyl sites for hydroxylation is 1. The molecule has 164 valence electrons. The maximum atomic E-state index is 13.2. The molecule has 1 aliphatic heterocycles. The van der Waals surface area contributed by atoms with E-state index in [0.29, 0.717) is 16.1 Å². The topological polar surface area (TPSA) is 85.6 Å². The summed E-state index contributed by atoms with van der Waals surface area (Å²) in [6.45, 7) is 0. The van der Waals surface area contributed by atoms with Crippen LogP contribution in [0.1, 0.15) is 39.4 Å². The van der Waals surface area contributed by atoms with Crippen molar-refractivity contribution in [3.63, 3.8) is 0 Å². The Morgan fingerprint density at radius 2 is 1.79 bits per heavy atom. The van der Waals surface area contributed by atoms with Crippen molar-refractivity contribution >= 4 is 34.3 Å². The number of hydrogen-bond donors (Lipinski definition) is 1. The second-order valence-electron chi connectivity index (χ2n) is 7.96. The van der Waals surface area contributed by atoms with Crippen LogP contribution >= 0.6 is 11.6 Å². The van der Waals surface area contributed by atoms with Gasteiger partial charge in [-0.3, -0.25) is 14.4 Å². The Morgan fingerprint density at radius 3 is 2.55 bits per heavy atom. The minimum Gasteiger partial charge on any atom is -0.507 e. The molecule has 0 unspecified atom stereocenters. The van der Waals surface area contributed by atoms with Crippen molar-refractivity contribution in [3.8, 4) is 11.5 Å². The summed E-state index contributed by atoms with van der Waals surface area (Å²) in [6, 6.07) is 18.4. The Morgan fingerprint density at radius 1 is 1.06 bits per heavy atom. The number of para-hydroxylation sites is 1. The van der Waals surface area contributed by atoms with Crippen LogP contribution in [0.2, 0.25) is 5.02 Å². The van der Waals surface area contributed by atoms with Crippen LogP contribution < -0.4 is 10.3 Å². The summed E-state index contributed by atoms with van der Waals surface area (Å²) >= 11 is 5.92. The number of carbonyl (C=O) groups excluding carboxylic acids is 2. The van der Waals surface area contributed by atoms with Crippen molar-refractivity contribution < 1.29 is 19.4 Å². The minimum atomic E-state index is -0.762. The number of pyridine rings is 1. The number of rotatable bonds is 3. The smallest absolute Gasteiger partial charge is 0.312 e. The van der Waals surface area contributed by atoms with E-state index in [2.05, 4.69) is 0 Å². The normalized spacial score (nSPS) is 15.2. The first-order valence-electron chi connectivity index (χ1n) is 10.3. The molecule has 33 heavy (non-hydrogen) atoms. The molecule has 0 bridgehead atoms. The number of nitrogens with zero attached hydrogens (tertiary/aromatic N) is 1. The molecule has 0 radical (unpaired) electrons. The second kappa shape index (κ2) is 7.90. The number of benzene rings is 3. The molecule has 0 amide bonds. The quantitative estimate of drug-likeness (QED) is 0.275. The number of ketones is 1. The van der Waals surface area contributed by atoms with E-state index in [9.17, 15) is 19.5 Å². The molecule has 4 aromatic rings. The molecule has 0 saturated carbocycles. The fourth-order valence-electron chi connectivity index (χ4n) is 4.35. The van der Waals surface area contributed by atoms with Gasteiger partial charge in [0.2, 0.25) is 0 Å². The van der Waals surface area contributed by atoms with E-state index in [1.54, 1.807) is 37.4 Å². The van der Waals surface area contributed by atoms with E-state index in [-0.39, 0.29) is 34.6 Å². The second-order valence-corrected chi connectivity index (χ2v) is 8.40. The number of aromatic hydroxyl groups is 1. The fourth-order valence-corrected chi connectivity index (χ4v) is 4.48. The highest BCUT2D eigenvalue weighted by atomic mass is 35.5. The number of ether oxygens (including phenoxy) is 1. The summed E-state index contributed by atoms with van der Waals surface area (Å²) in [4.78, 5) is 38.7. The summed E-state index contributed by atoms with van der Waals surface area (Å²) in [5.74, 6) is -1.85. The maximum Gasteiger partial charge on any atom is 0.312 e. The molecule has 1 atom stereocenters. The highest BCUT2D eigenvalue weighted by molar-refractivity contribution is 6.30. The van der Waals surface area contributed by atoms with Crippen LogP contribution in [0.25, 0.3) is 10.9 Å². The van der Waals surface area contributed by atoms with Gasteiger partial charge >= 0.3 is 5.97 Å². The molecule has 1 N–H and O–H groups in total. The van der Waals surface area contributed by atoms with E-state index in [0.717, 1.165) is 10.9 Å². The first-order chi connectivity index (χ1) is 15.8. The predicted octanol–water partition coefficient (Wildman–Crippen LogP) is 4.57. The average molecular weight is 460 g/mol. The Bertz CT molecular complexity index is 1500. The zero-order valence-corrected chi connectivity index (χ0v) is 18.3. The Hall–Kier alpha value is -3.90. The molecule has 5 rings (SSSR count). The van der Waals surface area contributed by atoms with Crippen molar-refractivity contribution in [3.05, 3.63) is 104 Å². The summed E-state index contributed by atoms with van der Waals surface area (Å²) in [5.41, 5.74) is 1.47. The SMILES string of the molecule is Cn1c(=O)c([C@H]2CC(=O)Oc3ccc(C(=O)c4ccc(Cl)cc4)c(O)c32)cc2ccccc21. The summed E-state index contributed by atoms with van der Waals surface area (Å²) < 4.78 is 6.86. The summed E-state index contributed by atoms with van der Waals surface area (Å²) in [7, 11) is 1.66. The number of esters is 1. The van der Waals surface area contributed by atoms with Crippen LogP contribution in [0.3, 0.4) is 0 Å². The highest BCUT2D eigenvalue weighted by Crippen LogP contribution is 2.45. The zero-order chi connectivity index (χ0) is 23.3. The van der Waals surface area contributed by atoms with E-state index in [4.69, 9.17) is 16.3 Å². The van der Waals surface area contributed by atoms with E-state index in [1.807, 2.05) is 24.3 Å². The molecule has 0 saturated heterocycles. The lowest BCUT2D eigenvalue weighted by molar-refractivity contribution is -0.135. The van der Waals surface area contributed by atoms with Crippen LogP contribution in [0.15, 0.2) is 71.5 Å². The number of hydrogen-bond acceptors (Lipinski definition) is 5. The van der Waals surface area contributed by atoms with Gasteiger partial charge in [-0.1, -0.05) is 29.8 Å². The van der Waals surface area contributed by atoms with Crippen LogP contribution in [-0.2, 0) is 11.8 Å². The van der Waals surface area contributed by atoms with E-state index in [1.165, 1.54) is 16.7 Å². The van der Waals surface area contributed by atoms with E-state index < -0.39 is 17.7 Å². The molecule has 0 aliphatic carbocycles. The van der Waals surface area contributed by atoms with Crippen molar-refractivity contribution in [1.29, 1.82) is 0 Å². The third-order valence-corrected chi connectivity index (χ3v) is 6.26. The van der Waals surface area contributed by atoms with E-state index >= 15 is 0 Å². The molecule has 2 heterocycles. The van der Waals surface area contributed by atoms with Gasteiger partial charge in [-0.25, -0.2) is 0 Å². The van der Waals surface area contributed by atoms with Gasteiger partial charge in [-0.05, 0) is 53.9 Å². The van der Waals surface area contributed by atoms with Gasteiger partial charge in [-0.2, -0.15) is 0 Å². The predicted molar refractivity (Wildman–Crippen MR) is 124 cm³/mol. The zero-order valence-electron chi connectivity index (χ0n) is 17.5. The number of phenols is 1. The van der Waals surface area contributed by atoms with Crippen molar-refractivity contribution in [2.75, 3.05) is 0 Å². The average Bonchev–Trinajstić information content (AvgIpc) is 2.81. The Labute approximate surface area is 193 Å². The number of carbonyl (C=O) groups is 2. The third-order valence-electron chi connectivity index (χ3n) is 6.01. The van der Waals surface area contributed by atoms with Gasteiger partial charge in [0.25, 0.3) is 5.56 Å². The molecular formula is C26H18ClNO5. The lowest BCUT2D eigenvalue weighted by atomic mass is 9.84. The molecule has 7 heteroatoms. The number of phenolic OH excluding ortho intramolecular Hbond substituents is 1. The van der Waals surface area contributed by atoms with Crippen LogP contribution in [0.4, 0.5) is 0 Å². The largest absolute Gasteiger partial charge is 0.507 e. The molecule has 1 aromatic heterocycles. The van der Waals surface area contributed by atoms with Crippen molar-refractivity contribution in [2.24, 2.45) is 7.05 Å². The van der Waals surface area contributed by atoms with Gasteiger partial charge < -0.3 is 14.4 Å². The van der Waals surface area contributed by atoms with Gasteiger partial charge in [-0.15, -0.1) is 0 Å². The molecular weight excluding hydrogens is 442 g/mol. The summed E-state index contributed by atoms with van der Waals surface area (Å²) in [6.07, 6.45) is -0.132.